The predicted molar refractivity (Wildman–Crippen MR) is 122 cm³/mol. The van der Waals surface area contributed by atoms with E-state index in [1.807, 2.05) is 12.1 Å². The van der Waals surface area contributed by atoms with E-state index in [4.69, 9.17) is 0 Å². The van der Waals surface area contributed by atoms with Crippen molar-refractivity contribution in [3.8, 4) is 0 Å². The van der Waals surface area contributed by atoms with Gasteiger partial charge < -0.3 is 4.90 Å². The van der Waals surface area contributed by atoms with Crippen LogP contribution in [0, 0.1) is 0 Å². The Labute approximate surface area is 193 Å². The Hall–Kier alpha value is -3.04. The fourth-order valence-electron chi connectivity index (χ4n) is 4.38. The molecule has 2 aliphatic heterocycles. The molecule has 3 amide bonds. The van der Waals surface area contributed by atoms with E-state index in [1.165, 1.54) is 6.26 Å². The lowest BCUT2D eigenvalue weighted by Gasteiger charge is -2.28. The van der Waals surface area contributed by atoms with Crippen LogP contribution in [0.15, 0.2) is 53.4 Å². The summed E-state index contributed by atoms with van der Waals surface area (Å²) in [6.45, 7) is 4.74. The first-order valence-corrected chi connectivity index (χ1v) is 12.8. The maximum absolute atomic E-state index is 13.2. The highest BCUT2D eigenvalue weighted by Gasteiger charge is 2.41. The van der Waals surface area contributed by atoms with Crippen LogP contribution in [0.5, 0.6) is 0 Å². The summed E-state index contributed by atoms with van der Waals surface area (Å²) in [7, 11) is -3.23. The van der Waals surface area contributed by atoms with Gasteiger partial charge in [0.1, 0.15) is 6.04 Å². The first-order valence-electron chi connectivity index (χ1n) is 10.9. The zero-order valence-electron chi connectivity index (χ0n) is 18.7. The second-order valence-electron chi connectivity index (χ2n) is 8.57. The van der Waals surface area contributed by atoms with Gasteiger partial charge in [0.2, 0.25) is 5.91 Å². The van der Waals surface area contributed by atoms with Crippen LogP contribution >= 0.6 is 0 Å². The lowest BCUT2D eigenvalue weighted by Crippen LogP contribution is -2.50. The van der Waals surface area contributed by atoms with Crippen molar-refractivity contribution in [2.75, 3.05) is 32.4 Å². The van der Waals surface area contributed by atoms with Crippen molar-refractivity contribution in [1.82, 2.24) is 14.7 Å². The van der Waals surface area contributed by atoms with E-state index in [2.05, 4.69) is 4.90 Å². The zero-order valence-corrected chi connectivity index (χ0v) is 19.5. The lowest BCUT2D eigenvalue weighted by atomic mass is 10.1. The molecule has 1 atom stereocenters. The Morgan fingerprint density at radius 1 is 0.909 bits per heavy atom. The summed E-state index contributed by atoms with van der Waals surface area (Å²) in [6.07, 6.45) is 1.95. The summed E-state index contributed by atoms with van der Waals surface area (Å²) in [6, 6.07) is 12.6. The maximum Gasteiger partial charge on any atom is 0.262 e. The molecule has 174 valence electrons. The van der Waals surface area contributed by atoms with Crippen molar-refractivity contribution in [3.05, 3.63) is 65.2 Å². The third kappa shape index (κ3) is 4.69. The summed E-state index contributed by atoms with van der Waals surface area (Å²) in [4.78, 5) is 43.9. The fraction of sp³-hybridized carbons (Fsp3) is 0.375. The van der Waals surface area contributed by atoms with Crippen LogP contribution in [0.3, 0.4) is 0 Å². The van der Waals surface area contributed by atoms with Crippen LogP contribution in [-0.2, 0) is 21.2 Å². The SMILES string of the molecule is CC(C(=O)N1CCCN(Cc2ccc(S(C)(=O)=O)cc2)CC1)N1C(=O)c2ccccc2C1=O. The first-order chi connectivity index (χ1) is 15.7. The van der Waals surface area contributed by atoms with Gasteiger partial charge in [0.05, 0.1) is 16.0 Å². The molecule has 2 aromatic carbocycles. The Morgan fingerprint density at radius 3 is 2.09 bits per heavy atom. The number of hydrogen-bond donors (Lipinski definition) is 0. The highest BCUT2D eigenvalue weighted by molar-refractivity contribution is 7.90. The normalized spacial score (nSPS) is 18.2. The summed E-state index contributed by atoms with van der Waals surface area (Å²) >= 11 is 0. The van der Waals surface area contributed by atoms with E-state index in [1.54, 1.807) is 48.2 Å². The largest absolute Gasteiger partial charge is 0.340 e. The van der Waals surface area contributed by atoms with E-state index >= 15 is 0 Å². The average Bonchev–Trinajstić information content (AvgIpc) is 2.93. The minimum Gasteiger partial charge on any atom is -0.340 e. The van der Waals surface area contributed by atoms with E-state index < -0.39 is 27.7 Å². The molecule has 9 heteroatoms. The van der Waals surface area contributed by atoms with Crippen LogP contribution < -0.4 is 0 Å². The second-order valence-corrected chi connectivity index (χ2v) is 10.6. The van der Waals surface area contributed by atoms with E-state index in [0.717, 1.165) is 23.4 Å². The molecular formula is C24H27N3O5S. The smallest absolute Gasteiger partial charge is 0.262 e. The van der Waals surface area contributed by atoms with Crippen LogP contribution in [-0.4, -0.2) is 79.3 Å². The Kier molecular flexibility index (Phi) is 6.36. The number of fused-ring (bicyclic) bond motifs is 1. The molecule has 4 rings (SSSR count). The summed E-state index contributed by atoms with van der Waals surface area (Å²) < 4.78 is 23.3. The van der Waals surface area contributed by atoms with Crippen molar-refractivity contribution in [1.29, 1.82) is 0 Å². The topological polar surface area (TPSA) is 95.1 Å². The summed E-state index contributed by atoms with van der Waals surface area (Å²) in [5.74, 6) is -1.08. The van der Waals surface area contributed by atoms with Crippen LogP contribution in [0.4, 0.5) is 0 Å². The van der Waals surface area contributed by atoms with Crippen molar-refractivity contribution < 1.29 is 22.8 Å². The Bertz CT molecular complexity index is 1160. The van der Waals surface area contributed by atoms with Gasteiger partial charge in [-0.3, -0.25) is 24.2 Å². The van der Waals surface area contributed by atoms with Gasteiger partial charge in [0, 0.05) is 39.0 Å². The van der Waals surface area contributed by atoms with Gasteiger partial charge in [-0.25, -0.2) is 8.42 Å². The molecule has 1 saturated heterocycles. The van der Waals surface area contributed by atoms with E-state index in [9.17, 15) is 22.8 Å². The number of carbonyl (C=O) groups is 3. The van der Waals surface area contributed by atoms with Gasteiger partial charge in [-0.1, -0.05) is 24.3 Å². The van der Waals surface area contributed by atoms with Gasteiger partial charge >= 0.3 is 0 Å². The standard InChI is InChI=1S/C24H27N3O5S/c1-17(27-23(29)20-6-3-4-7-21(20)24(27)30)22(28)26-13-5-12-25(14-15-26)16-18-8-10-19(11-9-18)33(2,31)32/h3-4,6-11,17H,5,12-16H2,1-2H3. The summed E-state index contributed by atoms with van der Waals surface area (Å²) in [5, 5.41) is 0. The molecule has 0 aromatic heterocycles. The molecule has 0 aliphatic carbocycles. The number of amides is 3. The van der Waals surface area contributed by atoms with Crippen molar-refractivity contribution in [2.45, 2.75) is 30.8 Å². The fourth-order valence-corrected chi connectivity index (χ4v) is 5.01. The quantitative estimate of drug-likeness (QED) is 0.620. The number of nitrogens with zero attached hydrogens (tertiary/aromatic N) is 3. The summed E-state index contributed by atoms with van der Waals surface area (Å²) in [5.41, 5.74) is 1.68. The molecule has 1 unspecified atom stereocenters. The monoisotopic (exact) mass is 469 g/mol. The number of sulfone groups is 1. The van der Waals surface area contributed by atoms with Crippen LogP contribution in [0.25, 0.3) is 0 Å². The van der Waals surface area contributed by atoms with E-state index in [-0.39, 0.29) is 5.91 Å². The molecular weight excluding hydrogens is 442 g/mol. The molecule has 33 heavy (non-hydrogen) atoms. The van der Waals surface area contributed by atoms with Gasteiger partial charge in [-0.15, -0.1) is 0 Å². The molecule has 0 radical (unpaired) electrons. The molecule has 0 saturated carbocycles. The third-order valence-corrected chi connectivity index (χ3v) is 7.36. The highest BCUT2D eigenvalue weighted by Crippen LogP contribution is 2.25. The Balaban J connectivity index is 1.38. The number of carbonyl (C=O) groups excluding carboxylic acids is 3. The van der Waals surface area contributed by atoms with Crippen molar-refractivity contribution in [2.24, 2.45) is 0 Å². The molecule has 0 spiro atoms. The molecule has 0 N–H and O–H groups in total. The minimum absolute atomic E-state index is 0.233. The van der Waals surface area contributed by atoms with Gasteiger partial charge in [0.25, 0.3) is 11.8 Å². The molecule has 2 heterocycles. The lowest BCUT2D eigenvalue weighted by molar-refractivity contribution is -0.134. The minimum atomic E-state index is -3.23. The highest BCUT2D eigenvalue weighted by atomic mass is 32.2. The Morgan fingerprint density at radius 2 is 1.52 bits per heavy atom. The molecule has 8 nitrogen and oxygen atoms in total. The third-order valence-electron chi connectivity index (χ3n) is 6.23. The molecule has 1 fully saturated rings. The van der Waals surface area contributed by atoms with Crippen molar-refractivity contribution >= 4 is 27.6 Å². The van der Waals surface area contributed by atoms with Crippen LogP contribution in [0.1, 0.15) is 39.6 Å². The van der Waals surface area contributed by atoms with Gasteiger partial charge in [-0.2, -0.15) is 0 Å². The van der Waals surface area contributed by atoms with Gasteiger partial charge in [0.15, 0.2) is 9.84 Å². The second kappa shape index (κ2) is 9.07. The van der Waals surface area contributed by atoms with E-state index in [0.29, 0.717) is 42.2 Å². The predicted octanol–water partition coefficient (Wildman–Crippen LogP) is 1.81. The zero-order chi connectivity index (χ0) is 23.8. The number of benzene rings is 2. The maximum atomic E-state index is 13.2. The number of rotatable bonds is 5. The van der Waals surface area contributed by atoms with Gasteiger partial charge in [-0.05, 0) is 43.2 Å². The van der Waals surface area contributed by atoms with Crippen molar-refractivity contribution in [3.63, 3.8) is 0 Å². The number of imide groups is 1. The molecule has 0 bridgehead atoms. The first kappa shape index (κ1) is 23.1. The molecule has 2 aliphatic rings. The molecule has 2 aromatic rings. The number of hydrogen-bond acceptors (Lipinski definition) is 6. The van der Waals surface area contributed by atoms with Crippen LogP contribution in [0.2, 0.25) is 0 Å². The average molecular weight is 470 g/mol.